The van der Waals surface area contributed by atoms with Crippen molar-refractivity contribution >= 4 is 26.0 Å². The second-order valence-corrected chi connectivity index (χ2v) is 18.6. The quantitative estimate of drug-likeness (QED) is 0.118. The molecule has 1 aliphatic rings. The minimum Gasteiger partial charge on any atom is -0.464 e. The lowest BCUT2D eigenvalue weighted by atomic mass is 9.98. The van der Waals surface area contributed by atoms with Gasteiger partial charge in [0.05, 0.1) is 13.2 Å². The lowest BCUT2D eigenvalue weighted by molar-refractivity contribution is -0.148. The number of hydrogen-bond acceptors (Lipinski definition) is 6. The average molecular weight is 651 g/mol. The third-order valence-electron chi connectivity index (χ3n) is 8.33. The van der Waals surface area contributed by atoms with E-state index in [9.17, 15) is 19.5 Å². The summed E-state index contributed by atoms with van der Waals surface area (Å²) in [5.41, 5.74) is 7.24. The molecule has 0 aliphatic heterocycles. The van der Waals surface area contributed by atoms with Crippen LogP contribution in [0.3, 0.4) is 0 Å². The van der Waals surface area contributed by atoms with Crippen molar-refractivity contribution in [3.63, 3.8) is 0 Å². The van der Waals surface area contributed by atoms with E-state index in [2.05, 4.69) is 42.4 Å². The molecule has 2 amide bonds. The van der Waals surface area contributed by atoms with Gasteiger partial charge in [0.2, 0.25) is 5.91 Å². The second-order valence-electron chi connectivity index (χ2n) is 13.0. The fraction of sp³-hybridized carbons (Fsp3) is 0.289. The van der Waals surface area contributed by atoms with Crippen LogP contribution in [0.5, 0.6) is 0 Å². The Kier molecular flexibility index (Phi) is 10.9. The number of hydrogen-bond donors (Lipinski definition) is 3. The van der Waals surface area contributed by atoms with Gasteiger partial charge in [-0.05, 0) is 45.0 Å². The molecule has 0 aromatic heterocycles. The minimum atomic E-state index is -1.45. The second kappa shape index (κ2) is 15.2. The highest BCUT2D eigenvalue weighted by atomic mass is 28.3. The van der Waals surface area contributed by atoms with E-state index >= 15 is 0 Å². The van der Waals surface area contributed by atoms with E-state index in [1.54, 1.807) is 0 Å². The van der Waals surface area contributed by atoms with E-state index in [1.165, 1.54) is 0 Å². The van der Waals surface area contributed by atoms with Crippen LogP contribution in [0.2, 0.25) is 25.7 Å². The molecule has 0 saturated heterocycles. The average Bonchev–Trinajstić information content (AvgIpc) is 3.39. The Labute approximate surface area is 277 Å². The van der Waals surface area contributed by atoms with Crippen molar-refractivity contribution in [1.29, 1.82) is 0 Å². The number of nitrogens with one attached hydrogen (secondary N) is 2. The summed E-state index contributed by atoms with van der Waals surface area (Å²) in [6, 6.07) is 32.1. The minimum absolute atomic E-state index is 0.0860. The third kappa shape index (κ3) is 8.75. The number of aliphatic hydroxyl groups is 1. The zero-order chi connectivity index (χ0) is 33.4. The molecule has 4 aromatic carbocycles. The molecule has 1 aliphatic carbocycles. The smallest absolute Gasteiger partial charge is 0.407 e. The van der Waals surface area contributed by atoms with Crippen LogP contribution in [-0.2, 0) is 25.5 Å². The third-order valence-corrected chi connectivity index (χ3v) is 10.0. The SMILES string of the molecule is C[Si](C)(C)CCOC(=O)C(CO)NC(=O)[C@@H](Cc1ccc(-c2ccccc2)cc1)NC(=O)OCC1c2ccccc2-c2ccccc21. The summed E-state index contributed by atoms with van der Waals surface area (Å²) < 4.78 is 11.1. The normalized spacial score (nSPS) is 13.5. The largest absolute Gasteiger partial charge is 0.464 e. The molecular formula is C38H42N2O6Si. The first-order valence-corrected chi connectivity index (χ1v) is 19.7. The number of carbonyl (C=O) groups excluding carboxylic acids is 3. The molecule has 0 fully saturated rings. The molecule has 5 rings (SSSR count). The molecule has 244 valence electrons. The summed E-state index contributed by atoms with van der Waals surface area (Å²) in [5, 5.41) is 15.2. The Hall–Kier alpha value is -4.73. The highest BCUT2D eigenvalue weighted by Crippen LogP contribution is 2.44. The number of alkyl carbamates (subject to hydrolysis) is 1. The fourth-order valence-electron chi connectivity index (χ4n) is 5.70. The number of carbonyl (C=O) groups is 3. The van der Waals surface area contributed by atoms with Crippen LogP contribution in [0, 0.1) is 0 Å². The molecule has 1 unspecified atom stereocenters. The van der Waals surface area contributed by atoms with Gasteiger partial charge in [0.25, 0.3) is 0 Å². The standard InChI is InChI=1S/C38H42N2O6Si/c1-47(2,3)22-21-45-37(43)35(24-41)39-36(42)34(23-26-17-19-28(20-18-26)27-11-5-4-6-12-27)40-38(44)46-25-33-31-15-9-7-13-29(31)30-14-8-10-16-32(30)33/h4-20,33-35,41H,21-25H2,1-3H3,(H,39,42)(H,40,44)/t34-,35?/m1/s1. The molecular weight excluding hydrogens is 609 g/mol. The van der Waals surface area contributed by atoms with Crippen molar-refractivity contribution in [2.24, 2.45) is 0 Å². The number of rotatable bonds is 13. The van der Waals surface area contributed by atoms with Crippen molar-refractivity contribution in [2.75, 3.05) is 19.8 Å². The summed E-state index contributed by atoms with van der Waals surface area (Å²) >= 11 is 0. The van der Waals surface area contributed by atoms with E-state index in [-0.39, 0.29) is 25.6 Å². The molecule has 8 nitrogen and oxygen atoms in total. The van der Waals surface area contributed by atoms with Gasteiger partial charge in [0, 0.05) is 20.4 Å². The zero-order valence-electron chi connectivity index (χ0n) is 27.1. The van der Waals surface area contributed by atoms with Gasteiger partial charge < -0.3 is 25.2 Å². The van der Waals surface area contributed by atoms with Gasteiger partial charge in [-0.15, -0.1) is 0 Å². The first-order chi connectivity index (χ1) is 22.6. The first-order valence-electron chi connectivity index (χ1n) is 16.0. The van der Waals surface area contributed by atoms with Crippen molar-refractivity contribution in [3.8, 4) is 22.3 Å². The molecule has 0 bridgehead atoms. The summed E-state index contributed by atoms with van der Waals surface area (Å²) in [6.07, 6.45) is -0.625. The summed E-state index contributed by atoms with van der Waals surface area (Å²) in [4.78, 5) is 39.5. The molecule has 47 heavy (non-hydrogen) atoms. The van der Waals surface area contributed by atoms with E-state index < -0.39 is 44.7 Å². The van der Waals surface area contributed by atoms with Gasteiger partial charge in [-0.25, -0.2) is 9.59 Å². The molecule has 2 atom stereocenters. The Bertz CT molecular complexity index is 1640. The molecule has 0 spiro atoms. The topological polar surface area (TPSA) is 114 Å². The lowest BCUT2D eigenvalue weighted by Gasteiger charge is -2.23. The van der Waals surface area contributed by atoms with Crippen molar-refractivity contribution < 1.29 is 29.0 Å². The van der Waals surface area contributed by atoms with Crippen molar-refractivity contribution in [2.45, 2.75) is 50.1 Å². The molecule has 0 radical (unpaired) electrons. The highest BCUT2D eigenvalue weighted by Gasteiger charge is 2.31. The zero-order valence-corrected chi connectivity index (χ0v) is 28.1. The van der Waals surface area contributed by atoms with Gasteiger partial charge >= 0.3 is 12.1 Å². The number of ether oxygens (including phenoxy) is 2. The van der Waals surface area contributed by atoms with Gasteiger partial charge in [0.1, 0.15) is 12.6 Å². The van der Waals surface area contributed by atoms with Gasteiger partial charge in [-0.1, -0.05) is 123 Å². The fourth-order valence-corrected chi connectivity index (χ4v) is 6.42. The molecule has 3 N–H and O–H groups in total. The van der Waals surface area contributed by atoms with E-state index in [0.29, 0.717) is 0 Å². The van der Waals surface area contributed by atoms with Crippen molar-refractivity contribution in [1.82, 2.24) is 10.6 Å². The van der Waals surface area contributed by atoms with E-state index in [0.717, 1.165) is 45.0 Å². The van der Waals surface area contributed by atoms with Crippen LogP contribution in [0.4, 0.5) is 4.79 Å². The number of esters is 1. The van der Waals surface area contributed by atoms with Gasteiger partial charge in [-0.2, -0.15) is 0 Å². The Morgan fingerprint density at radius 2 is 1.30 bits per heavy atom. The molecule has 0 saturated carbocycles. The molecule has 0 heterocycles. The van der Waals surface area contributed by atoms with Crippen LogP contribution < -0.4 is 10.6 Å². The number of aliphatic hydroxyl groups excluding tert-OH is 1. The number of amides is 2. The molecule has 4 aromatic rings. The van der Waals surface area contributed by atoms with Crippen LogP contribution in [0.1, 0.15) is 22.6 Å². The predicted molar refractivity (Wildman–Crippen MR) is 186 cm³/mol. The predicted octanol–water partition coefficient (Wildman–Crippen LogP) is 6.16. The summed E-state index contributed by atoms with van der Waals surface area (Å²) in [5.74, 6) is -1.49. The van der Waals surface area contributed by atoms with Crippen LogP contribution in [0.15, 0.2) is 103 Å². The maximum atomic E-state index is 13.6. The van der Waals surface area contributed by atoms with Crippen LogP contribution in [-0.4, -0.2) is 63.1 Å². The maximum Gasteiger partial charge on any atom is 0.407 e. The number of benzene rings is 4. The van der Waals surface area contributed by atoms with E-state index in [4.69, 9.17) is 9.47 Å². The Balaban J connectivity index is 1.28. The first kappa shape index (κ1) is 33.6. The summed E-state index contributed by atoms with van der Waals surface area (Å²) in [7, 11) is -1.45. The number of fused-ring (bicyclic) bond motifs is 3. The summed E-state index contributed by atoms with van der Waals surface area (Å²) in [6.45, 7) is 6.16. The van der Waals surface area contributed by atoms with E-state index in [1.807, 2.05) is 91.0 Å². The highest BCUT2D eigenvalue weighted by molar-refractivity contribution is 6.76. The van der Waals surface area contributed by atoms with Crippen molar-refractivity contribution in [3.05, 3.63) is 120 Å². The van der Waals surface area contributed by atoms with Crippen LogP contribution >= 0.6 is 0 Å². The molecule has 9 heteroatoms. The van der Waals surface area contributed by atoms with Gasteiger partial charge in [-0.3, -0.25) is 4.79 Å². The van der Waals surface area contributed by atoms with Gasteiger partial charge in [0.15, 0.2) is 6.04 Å². The maximum absolute atomic E-state index is 13.6. The van der Waals surface area contributed by atoms with Crippen LogP contribution in [0.25, 0.3) is 22.3 Å². The monoisotopic (exact) mass is 650 g/mol. The Morgan fingerprint density at radius 1 is 0.723 bits per heavy atom. The lowest BCUT2D eigenvalue weighted by Crippen LogP contribution is -2.54. The Morgan fingerprint density at radius 3 is 1.89 bits per heavy atom.